The molecule has 114 valence electrons. The van der Waals surface area contributed by atoms with Crippen molar-refractivity contribution in [3.8, 4) is 0 Å². The van der Waals surface area contributed by atoms with Crippen LogP contribution in [-0.2, 0) is 6.42 Å². The summed E-state index contributed by atoms with van der Waals surface area (Å²) in [5.74, 6) is 0.683. The van der Waals surface area contributed by atoms with Crippen LogP contribution in [0.25, 0.3) is 22.6 Å². The van der Waals surface area contributed by atoms with Crippen LogP contribution < -0.4 is 11.2 Å². The Morgan fingerprint density at radius 3 is 2.65 bits per heavy atom. The first-order chi connectivity index (χ1) is 11.1. The van der Waals surface area contributed by atoms with Gasteiger partial charge in [0.2, 0.25) is 0 Å². The molecule has 0 unspecified atom stereocenters. The molecule has 2 N–H and O–H groups in total. The predicted octanol–water partition coefficient (Wildman–Crippen LogP) is 4.52. The minimum absolute atomic E-state index is 0.0424. The monoisotopic (exact) mass is 323 g/mol. The van der Waals surface area contributed by atoms with Gasteiger partial charge in [-0.15, -0.1) is 0 Å². The van der Waals surface area contributed by atoms with Gasteiger partial charge in [0.25, 0.3) is 0 Å². The lowest BCUT2D eigenvalue weighted by Gasteiger charge is -2.05. The first kappa shape index (κ1) is 14.1. The second-order valence-corrected chi connectivity index (χ2v) is 6.15. The molecule has 0 atom stereocenters. The summed E-state index contributed by atoms with van der Waals surface area (Å²) < 4.78 is 6.00. The lowest BCUT2D eigenvalue weighted by atomic mass is 10.1. The van der Waals surface area contributed by atoms with E-state index < -0.39 is 0 Å². The van der Waals surface area contributed by atoms with Gasteiger partial charge in [-0.1, -0.05) is 23.7 Å². The fraction of sp³-hybridized carbons (Fsp3) is 0.105. The van der Waals surface area contributed by atoms with Crippen molar-refractivity contribution in [1.29, 1.82) is 0 Å². The van der Waals surface area contributed by atoms with Crippen molar-refractivity contribution in [3.63, 3.8) is 0 Å². The van der Waals surface area contributed by atoms with Gasteiger partial charge < -0.3 is 10.2 Å². The zero-order valence-corrected chi connectivity index (χ0v) is 13.1. The van der Waals surface area contributed by atoms with Crippen LogP contribution in [0.4, 0.5) is 5.69 Å². The molecule has 1 aliphatic carbocycles. The van der Waals surface area contributed by atoms with Gasteiger partial charge in [-0.05, 0) is 54.3 Å². The molecule has 0 spiro atoms. The van der Waals surface area contributed by atoms with Gasteiger partial charge in [-0.25, -0.2) is 0 Å². The molecular formula is C19H14ClNO2. The minimum Gasteiger partial charge on any atom is -0.456 e. The van der Waals surface area contributed by atoms with Crippen LogP contribution in [0.1, 0.15) is 23.3 Å². The molecule has 0 aliphatic heterocycles. The van der Waals surface area contributed by atoms with Crippen molar-refractivity contribution in [2.24, 2.45) is 0 Å². The van der Waals surface area contributed by atoms with Crippen LogP contribution in [0.5, 0.6) is 0 Å². The molecule has 4 rings (SSSR count). The van der Waals surface area contributed by atoms with Crippen molar-refractivity contribution in [2.75, 3.05) is 5.73 Å². The zero-order chi connectivity index (χ0) is 16.0. The lowest BCUT2D eigenvalue weighted by molar-refractivity contribution is 0.585. The molecule has 1 heterocycles. The fourth-order valence-electron chi connectivity index (χ4n) is 3.01. The van der Waals surface area contributed by atoms with Gasteiger partial charge in [-0.3, -0.25) is 4.79 Å². The molecule has 0 saturated carbocycles. The smallest absolute Gasteiger partial charge is 0.196 e. The third kappa shape index (κ3) is 2.43. The molecule has 1 aliphatic rings. The molecule has 3 aromatic rings. The fourth-order valence-corrected chi connectivity index (χ4v) is 3.13. The van der Waals surface area contributed by atoms with Crippen LogP contribution in [0, 0.1) is 0 Å². The number of hydrogen-bond donors (Lipinski definition) is 1. The summed E-state index contributed by atoms with van der Waals surface area (Å²) in [6.45, 7) is 0. The summed E-state index contributed by atoms with van der Waals surface area (Å²) in [6.07, 6.45) is 3.54. The maximum absolute atomic E-state index is 12.6. The maximum Gasteiger partial charge on any atom is 0.196 e. The first-order valence-corrected chi connectivity index (χ1v) is 7.81. The normalized spacial score (nSPS) is 15.3. The number of anilines is 1. The molecule has 2 aromatic carbocycles. The van der Waals surface area contributed by atoms with Crippen LogP contribution in [0.15, 0.2) is 51.7 Å². The van der Waals surface area contributed by atoms with E-state index in [-0.39, 0.29) is 5.43 Å². The van der Waals surface area contributed by atoms with Gasteiger partial charge in [0, 0.05) is 22.3 Å². The molecule has 0 saturated heterocycles. The number of hydrogen-bond acceptors (Lipinski definition) is 3. The topological polar surface area (TPSA) is 56.2 Å². The standard InChI is InChI=1S/C19H14ClNO2/c20-13-4-1-11(2-5-13)9-12-3-7-16-18(22)15-8-6-14(21)10-17(15)23-19(12)16/h1-2,4-6,8-10H,3,7,21H2. The quantitative estimate of drug-likeness (QED) is 0.670. The number of rotatable bonds is 1. The van der Waals surface area contributed by atoms with E-state index in [1.54, 1.807) is 18.2 Å². The average Bonchev–Trinajstić information content (AvgIpc) is 2.93. The Kier molecular flexibility index (Phi) is 3.24. The number of nitrogen functional groups attached to an aromatic ring is 1. The van der Waals surface area contributed by atoms with Gasteiger partial charge in [0.05, 0.1) is 5.39 Å². The summed E-state index contributed by atoms with van der Waals surface area (Å²) in [4.78, 5) is 12.6. The van der Waals surface area contributed by atoms with Crippen molar-refractivity contribution in [2.45, 2.75) is 12.8 Å². The second-order valence-electron chi connectivity index (χ2n) is 5.72. The Morgan fingerprint density at radius 2 is 1.87 bits per heavy atom. The number of fused-ring (bicyclic) bond motifs is 2. The number of halogens is 1. The van der Waals surface area contributed by atoms with Gasteiger partial charge in [-0.2, -0.15) is 0 Å². The minimum atomic E-state index is 0.0424. The molecular weight excluding hydrogens is 310 g/mol. The predicted molar refractivity (Wildman–Crippen MR) is 94.5 cm³/mol. The highest BCUT2D eigenvalue weighted by Gasteiger charge is 2.23. The Labute approximate surface area is 138 Å². The van der Waals surface area contributed by atoms with E-state index in [0.717, 1.165) is 23.1 Å². The molecule has 1 aromatic heterocycles. The van der Waals surface area contributed by atoms with Crippen molar-refractivity contribution in [1.82, 2.24) is 0 Å². The van der Waals surface area contributed by atoms with Gasteiger partial charge >= 0.3 is 0 Å². The summed E-state index contributed by atoms with van der Waals surface area (Å²) in [5.41, 5.74) is 9.79. The van der Waals surface area contributed by atoms with E-state index in [4.69, 9.17) is 21.8 Å². The molecule has 0 fully saturated rings. The Morgan fingerprint density at radius 1 is 1.09 bits per heavy atom. The van der Waals surface area contributed by atoms with Crippen molar-refractivity contribution in [3.05, 3.63) is 74.6 Å². The summed E-state index contributed by atoms with van der Waals surface area (Å²) in [5, 5.41) is 1.29. The largest absolute Gasteiger partial charge is 0.456 e. The Balaban J connectivity index is 1.89. The number of nitrogens with two attached hydrogens (primary N) is 1. The summed E-state index contributed by atoms with van der Waals surface area (Å²) >= 11 is 5.92. The van der Waals surface area contributed by atoms with E-state index in [1.165, 1.54) is 0 Å². The van der Waals surface area contributed by atoms with Crippen LogP contribution in [-0.4, -0.2) is 0 Å². The zero-order valence-electron chi connectivity index (χ0n) is 12.3. The van der Waals surface area contributed by atoms with Crippen LogP contribution in [0.3, 0.4) is 0 Å². The third-order valence-electron chi connectivity index (χ3n) is 4.16. The highest BCUT2D eigenvalue weighted by Crippen LogP contribution is 2.34. The van der Waals surface area contributed by atoms with Crippen molar-refractivity contribution < 1.29 is 4.42 Å². The van der Waals surface area contributed by atoms with Crippen molar-refractivity contribution >= 4 is 39.9 Å². The summed E-state index contributed by atoms with van der Waals surface area (Å²) in [6, 6.07) is 12.8. The lowest BCUT2D eigenvalue weighted by Crippen LogP contribution is -2.08. The number of benzene rings is 2. The number of allylic oxidation sites excluding steroid dienone is 1. The van der Waals surface area contributed by atoms with E-state index in [1.807, 2.05) is 30.3 Å². The molecule has 0 amide bonds. The van der Waals surface area contributed by atoms with Gasteiger partial charge in [0.1, 0.15) is 11.3 Å². The van der Waals surface area contributed by atoms with Crippen LogP contribution >= 0.6 is 11.6 Å². The Bertz CT molecular complexity index is 1000. The highest BCUT2D eigenvalue weighted by molar-refractivity contribution is 6.30. The molecule has 3 nitrogen and oxygen atoms in total. The maximum atomic E-state index is 12.6. The van der Waals surface area contributed by atoms with E-state index >= 15 is 0 Å². The molecule has 0 radical (unpaired) electrons. The SMILES string of the molecule is Nc1ccc2c(=O)c3c(oc2c1)C(=Cc1ccc(Cl)cc1)CC3. The Hall–Kier alpha value is -2.52. The molecule has 0 bridgehead atoms. The second kappa shape index (κ2) is 5.28. The first-order valence-electron chi connectivity index (χ1n) is 7.43. The average molecular weight is 324 g/mol. The van der Waals surface area contributed by atoms with Crippen LogP contribution in [0.2, 0.25) is 5.02 Å². The van der Waals surface area contributed by atoms with E-state index in [2.05, 4.69) is 0 Å². The summed E-state index contributed by atoms with van der Waals surface area (Å²) in [7, 11) is 0. The highest BCUT2D eigenvalue weighted by atomic mass is 35.5. The third-order valence-corrected chi connectivity index (χ3v) is 4.41. The molecule has 4 heteroatoms. The van der Waals surface area contributed by atoms with E-state index in [9.17, 15) is 4.79 Å². The molecule has 23 heavy (non-hydrogen) atoms. The van der Waals surface area contributed by atoms with E-state index in [0.29, 0.717) is 33.9 Å². The van der Waals surface area contributed by atoms with Gasteiger partial charge in [0.15, 0.2) is 5.43 Å².